The summed E-state index contributed by atoms with van der Waals surface area (Å²) in [5.74, 6) is -1.04. The molecule has 0 spiro atoms. The monoisotopic (exact) mass is 622 g/mol. The van der Waals surface area contributed by atoms with Gasteiger partial charge in [0, 0.05) is 24.7 Å². The van der Waals surface area contributed by atoms with Crippen LogP contribution in [-0.2, 0) is 25.3 Å². The predicted molar refractivity (Wildman–Crippen MR) is 161 cm³/mol. The summed E-state index contributed by atoms with van der Waals surface area (Å²) in [5, 5.41) is 7.68. The molecule has 1 aliphatic heterocycles. The third kappa shape index (κ3) is 11.7. The number of thiazole rings is 1. The van der Waals surface area contributed by atoms with Crippen molar-refractivity contribution in [2.75, 3.05) is 19.6 Å². The van der Waals surface area contributed by atoms with Crippen LogP contribution in [0.25, 0.3) is 0 Å². The topological polar surface area (TPSA) is 259 Å². The van der Waals surface area contributed by atoms with E-state index in [0.29, 0.717) is 44.3 Å². The van der Waals surface area contributed by atoms with E-state index >= 15 is 0 Å². The number of aromatic nitrogens is 1. The van der Waals surface area contributed by atoms with Crippen LogP contribution in [0.5, 0.6) is 0 Å². The maximum atomic E-state index is 12.9. The number of nitrogens with one attached hydrogen (secondary N) is 3. The molecule has 2 aromatic rings. The first kappa shape index (κ1) is 32.9. The Kier molecular flexibility index (Phi) is 12.6. The van der Waals surface area contributed by atoms with Crippen molar-refractivity contribution < 1.29 is 22.7 Å². The fourth-order valence-electron chi connectivity index (χ4n) is 4.17. The van der Waals surface area contributed by atoms with Crippen molar-refractivity contribution in [3.8, 4) is 0 Å². The van der Waals surface area contributed by atoms with Crippen molar-refractivity contribution in [3.63, 3.8) is 0 Å². The zero-order valence-electron chi connectivity index (χ0n) is 23.0. The van der Waals surface area contributed by atoms with Gasteiger partial charge in [-0.15, -0.1) is 11.3 Å². The number of Topliss-reactive ketones (excluding diaryl/α,β-unsaturated/α-hetero) is 1. The van der Waals surface area contributed by atoms with Crippen LogP contribution >= 0.6 is 11.3 Å². The van der Waals surface area contributed by atoms with Crippen LogP contribution < -0.4 is 38.3 Å². The van der Waals surface area contributed by atoms with Crippen molar-refractivity contribution in [1.82, 2.24) is 20.3 Å². The molecule has 1 aromatic carbocycles. The van der Waals surface area contributed by atoms with E-state index in [2.05, 4.69) is 30.3 Å². The number of ether oxygens (including phenoxy) is 1. The minimum atomic E-state index is -3.70. The number of hydrogen-bond donors (Lipinski definition) is 7. The van der Waals surface area contributed by atoms with Crippen molar-refractivity contribution >= 4 is 45.0 Å². The van der Waals surface area contributed by atoms with Crippen LogP contribution in [0.2, 0.25) is 0 Å². The third-order valence-electron chi connectivity index (χ3n) is 6.12. The molecular formula is C25H38N10O5S2. The molecule has 0 saturated carbocycles. The Bertz CT molecular complexity index is 1310. The number of ketones is 1. The number of carbonyl (C=O) groups is 2. The zero-order valence-corrected chi connectivity index (χ0v) is 24.6. The molecule has 1 aromatic heterocycles. The Balaban J connectivity index is 1.56. The van der Waals surface area contributed by atoms with Gasteiger partial charge in [-0.3, -0.25) is 24.9 Å². The summed E-state index contributed by atoms with van der Waals surface area (Å²) < 4.78 is 34.2. The third-order valence-corrected chi connectivity index (χ3v) is 8.29. The van der Waals surface area contributed by atoms with Gasteiger partial charge in [0.2, 0.25) is 21.7 Å². The Morgan fingerprint density at radius 3 is 2.31 bits per heavy atom. The minimum absolute atomic E-state index is 0.0488. The number of nitrogens with two attached hydrogens (primary N) is 4. The SMILES string of the molecule is NC(N)=NCCC[C@H](NC(=O)CNC1OC1[C@@H](CCCN=C(N)N)NS(=O)(=O)Cc1ccccc1)C(=O)c1nccs1. The van der Waals surface area contributed by atoms with Gasteiger partial charge in [-0.2, -0.15) is 0 Å². The molecular weight excluding hydrogens is 584 g/mol. The molecule has 0 aliphatic carbocycles. The molecule has 1 fully saturated rings. The fraction of sp³-hybridized carbons (Fsp3) is 0.480. The van der Waals surface area contributed by atoms with Gasteiger partial charge in [-0.25, -0.2) is 18.1 Å². The van der Waals surface area contributed by atoms with E-state index in [0.717, 1.165) is 0 Å². The number of aliphatic imine (C=N–C) groups is 2. The smallest absolute Gasteiger partial charge is 0.234 e. The highest BCUT2D eigenvalue weighted by Crippen LogP contribution is 2.26. The molecule has 1 saturated heterocycles. The molecule has 11 N–H and O–H groups in total. The van der Waals surface area contributed by atoms with Crippen molar-refractivity contribution in [2.45, 2.75) is 55.9 Å². The Morgan fingerprint density at radius 2 is 1.69 bits per heavy atom. The Morgan fingerprint density at radius 1 is 1.02 bits per heavy atom. The Labute approximate surface area is 248 Å². The van der Waals surface area contributed by atoms with Crippen molar-refractivity contribution in [2.24, 2.45) is 32.9 Å². The highest BCUT2D eigenvalue weighted by molar-refractivity contribution is 7.88. The summed E-state index contributed by atoms with van der Waals surface area (Å²) in [7, 11) is -3.70. The number of hydrogen-bond acceptors (Lipinski definition) is 10. The van der Waals surface area contributed by atoms with Gasteiger partial charge in [0.1, 0.15) is 12.3 Å². The van der Waals surface area contributed by atoms with E-state index in [9.17, 15) is 18.0 Å². The second-order valence-electron chi connectivity index (χ2n) is 9.59. The zero-order chi connectivity index (χ0) is 30.5. The first-order valence-electron chi connectivity index (χ1n) is 13.3. The number of nitrogens with zero attached hydrogens (tertiary/aromatic N) is 3. The average molecular weight is 623 g/mol. The summed E-state index contributed by atoms with van der Waals surface area (Å²) in [6, 6.07) is 7.42. The van der Waals surface area contributed by atoms with E-state index in [1.807, 2.05) is 6.07 Å². The summed E-state index contributed by atoms with van der Waals surface area (Å²) in [6.07, 6.45) is 2.11. The van der Waals surface area contributed by atoms with Crippen LogP contribution in [0.15, 0.2) is 51.9 Å². The van der Waals surface area contributed by atoms with Gasteiger partial charge in [-0.1, -0.05) is 30.3 Å². The number of sulfonamides is 1. The quantitative estimate of drug-likeness (QED) is 0.0319. The molecule has 3 rings (SSSR count). The highest BCUT2D eigenvalue weighted by Gasteiger charge is 2.46. The largest absolute Gasteiger partial charge is 0.370 e. The number of rotatable bonds is 19. The molecule has 0 radical (unpaired) electrons. The van der Waals surface area contributed by atoms with Gasteiger partial charge in [0.15, 0.2) is 16.9 Å². The second-order valence-corrected chi connectivity index (χ2v) is 12.2. The number of guanidine groups is 2. The number of benzene rings is 1. The summed E-state index contributed by atoms with van der Waals surface area (Å²) in [5.41, 5.74) is 22.1. The van der Waals surface area contributed by atoms with Gasteiger partial charge in [0.05, 0.1) is 24.4 Å². The predicted octanol–water partition coefficient (Wildman–Crippen LogP) is -1.28. The molecule has 1 amide bonds. The molecule has 2 heterocycles. The minimum Gasteiger partial charge on any atom is -0.370 e. The van der Waals surface area contributed by atoms with E-state index < -0.39 is 40.3 Å². The summed E-state index contributed by atoms with van der Waals surface area (Å²) >= 11 is 1.18. The highest BCUT2D eigenvalue weighted by atomic mass is 32.2. The lowest BCUT2D eigenvalue weighted by Crippen LogP contribution is -2.46. The lowest BCUT2D eigenvalue weighted by molar-refractivity contribution is -0.120. The standard InChI is InChI=1S/C25H38N10O5S2/c26-24(27)31-10-4-8-17(20(37)23-30-12-13-41-23)34-19(36)14-33-22-21(40-22)18(9-5-11-32-25(28)29)35-42(38,39)15-16-6-2-1-3-7-16/h1-3,6-7,12-13,17-18,21-22,33,35H,4-5,8-11,14-15H2,(H,34,36)(H4,26,27,31)(H4,28,29,32)/t17-,18+,21?,22?/m0/s1. The first-order valence-corrected chi connectivity index (χ1v) is 15.8. The molecule has 4 atom stereocenters. The van der Waals surface area contributed by atoms with Crippen LogP contribution in [-0.4, -0.2) is 81.1 Å². The molecule has 1 aliphatic rings. The normalized spacial score (nSPS) is 17.5. The van der Waals surface area contributed by atoms with Crippen LogP contribution in [0.1, 0.15) is 41.0 Å². The molecule has 42 heavy (non-hydrogen) atoms. The molecule has 0 bridgehead atoms. The molecule has 17 heteroatoms. The fourth-order valence-corrected chi connectivity index (χ4v) is 6.23. The van der Waals surface area contributed by atoms with Crippen LogP contribution in [0.4, 0.5) is 0 Å². The number of amides is 1. The van der Waals surface area contributed by atoms with Gasteiger partial charge in [0.25, 0.3) is 0 Å². The van der Waals surface area contributed by atoms with E-state index in [1.54, 1.807) is 29.6 Å². The van der Waals surface area contributed by atoms with Gasteiger partial charge < -0.3 is 33.0 Å². The Hall–Kier alpha value is -3.64. The van der Waals surface area contributed by atoms with E-state index in [1.165, 1.54) is 17.5 Å². The van der Waals surface area contributed by atoms with Crippen LogP contribution in [0, 0.1) is 0 Å². The maximum absolute atomic E-state index is 12.9. The average Bonchev–Trinajstić information content (AvgIpc) is 3.50. The summed E-state index contributed by atoms with van der Waals surface area (Å²) in [4.78, 5) is 37.6. The lowest BCUT2D eigenvalue weighted by Gasteiger charge is -2.18. The number of epoxide rings is 1. The molecule has 2 unspecified atom stereocenters. The van der Waals surface area contributed by atoms with Gasteiger partial charge >= 0.3 is 0 Å². The molecule has 230 valence electrons. The number of carbonyl (C=O) groups excluding carboxylic acids is 2. The first-order chi connectivity index (χ1) is 20.0. The van der Waals surface area contributed by atoms with Crippen molar-refractivity contribution in [1.29, 1.82) is 0 Å². The maximum Gasteiger partial charge on any atom is 0.234 e. The van der Waals surface area contributed by atoms with E-state index in [-0.39, 0.29) is 35.0 Å². The van der Waals surface area contributed by atoms with Crippen LogP contribution in [0.3, 0.4) is 0 Å². The second kappa shape index (κ2) is 16.1. The molecule has 15 nitrogen and oxygen atoms in total. The van der Waals surface area contributed by atoms with Gasteiger partial charge in [-0.05, 0) is 31.2 Å². The lowest BCUT2D eigenvalue weighted by atomic mass is 10.1. The summed E-state index contributed by atoms with van der Waals surface area (Å²) in [6.45, 7) is 0.471. The van der Waals surface area contributed by atoms with E-state index in [4.69, 9.17) is 27.7 Å². The van der Waals surface area contributed by atoms with Crippen molar-refractivity contribution in [3.05, 3.63) is 52.5 Å².